The molecule has 0 aliphatic carbocycles. The summed E-state index contributed by atoms with van der Waals surface area (Å²) in [7, 11) is 0. The first-order chi connectivity index (χ1) is 8.26. The van der Waals surface area contributed by atoms with Gasteiger partial charge in [-0.1, -0.05) is 0 Å². The maximum Gasteiger partial charge on any atom is 0.279 e. The lowest BCUT2D eigenvalue weighted by atomic mass is 10.5. The first kappa shape index (κ1) is 11.7. The Bertz CT molecular complexity index is 561. The number of hydrogen-bond donors (Lipinski definition) is 3. The van der Waals surface area contributed by atoms with Gasteiger partial charge in [-0.25, -0.2) is 9.97 Å². The highest BCUT2D eigenvalue weighted by Crippen LogP contribution is 2.05. The molecule has 17 heavy (non-hydrogen) atoms. The standard InChI is InChI=1S/C9H13N5O3/c10-3-6-12-8-7(9(16)13-6)11-4-14(8)5-17-2-1-15/h4,15H,1-3,5,10H2,(H,12,13,16). The molecule has 0 aromatic carbocycles. The summed E-state index contributed by atoms with van der Waals surface area (Å²) in [5, 5.41) is 8.60. The summed E-state index contributed by atoms with van der Waals surface area (Å²) in [4.78, 5) is 22.2. The second-order valence-corrected chi connectivity index (χ2v) is 3.36. The second-order valence-electron chi connectivity index (χ2n) is 3.36. The van der Waals surface area contributed by atoms with Gasteiger partial charge in [-0.05, 0) is 0 Å². The Kier molecular flexibility index (Phi) is 3.47. The quantitative estimate of drug-likeness (QED) is 0.549. The van der Waals surface area contributed by atoms with E-state index in [0.29, 0.717) is 11.5 Å². The van der Waals surface area contributed by atoms with Gasteiger partial charge in [-0.2, -0.15) is 0 Å². The Balaban J connectivity index is 2.37. The number of aliphatic hydroxyl groups is 1. The van der Waals surface area contributed by atoms with Gasteiger partial charge >= 0.3 is 0 Å². The van der Waals surface area contributed by atoms with Crippen molar-refractivity contribution in [2.75, 3.05) is 13.2 Å². The van der Waals surface area contributed by atoms with E-state index in [9.17, 15) is 4.79 Å². The van der Waals surface area contributed by atoms with Crippen LogP contribution in [-0.4, -0.2) is 37.8 Å². The molecule has 2 heterocycles. The van der Waals surface area contributed by atoms with E-state index in [2.05, 4.69) is 15.0 Å². The lowest BCUT2D eigenvalue weighted by Crippen LogP contribution is -2.15. The van der Waals surface area contributed by atoms with E-state index >= 15 is 0 Å². The van der Waals surface area contributed by atoms with E-state index in [0.717, 1.165) is 0 Å². The fraction of sp³-hybridized carbons (Fsp3) is 0.444. The zero-order valence-electron chi connectivity index (χ0n) is 9.09. The molecule has 0 aliphatic rings. The second kappa shape index (κ2) is 5.04. The fourth-order valence-electron chi connectivity index (χ4n) is 1.42. The largest absolute Gasteiger partial charge is 0.394 e. The van der Waals surface area contributed by atoms with Crippen molar-refractivity contribution in [3.63, 3.8) is 0 Å². The number of nitrogens with one attached hydrogen (secondary N) is 1. The predicted molar refractivity (Wildman–Crippen MR) is 59.1 cm³/mol. The molecule has 2 aromatic rings. The molecular formula is C9H13N5O3. The van der Waals surface area contributed by atoms with Crippen LogP contribution in [0.1, 0.15) is 5.82 Å². The van der Waals surface area contributed by atoms with E-state index in [4.69, 9.17) is 15.6 Å². The van der Waals surface area contributed by atoms with E-state index < -0.39 is 0 Å². The van der Waals surface area contributed by atoms with Crippen LogP contribution in [0, 0.1) is 0 Å². The monoisotopic (exact) mass is 239 g/mol. The number of aromatic nitrogens is 4. The molecule has 0 saturated heterocycles. The van der Waals surface area contributed by atoms with Crippen molar-refractivity contribution in [1.82, 2.24) is 19.5 Å². The molecule has 0 amide bonds. The van der Waals surface area contributed by atoms with Crippen LogP contribution in [-0.2, 0) is 18.0 Å². The number of nitrogens with two attached hydrogens (primary N) is 1. The van der Waals surface area contributed by atoms with Gasteiger partial charge in [0.2, 0.25) is 0 Å². The number of aromatic amines is 1. The van der Waals surface area contributed by atoms with Crippen molar-refractivity contribution in [2.24, 2.45) is 5.73 Å². The summed E-state index contributed by atoms with van der Waals surface area (Å²) in [6.07, 6.45) is 1.46. The first-order valence-electron chi connectivity index (χ1n) is 5.09. The van der Waals surface area contributed by atoms with Crippen LogP contribution in [0.25, 0.3) is 11.2 Å². The summed E-state index contributed by atoms with van der Waals surface area (Å²) in [6.45, 7) is 0.479. The molecule has 0 radical (unpaired) electrons. The number of imidazole rings is 1. The average molecular weight is 239 g/mol. The molecule has 8 heteroatoms. The van der Waals surface area contributed by atoms with Gasteiger partial charge in [0, 0.05) is 0 Å². The number of hydrogen-bond acceptors (Lipinski definition) is 6. The lowest BCUT2D eigenvalue weighted by Gasteiger charge is -2.04. The lowest BCUT2D eigenvalue weighted by molar-refractivity contribution is 0.0499. The van der Waals surface area contributed by atoms with Gasteiger partial charge in [0.15, 0.2) is 11.2 Å². The summed E-state index contributed by atoms with van der Waals surface area (Å²) in [5.41, 5.74) is 5.77. The predicted octanol–water partition coefficient (Wildman–Crippen LogP) is -1.46. The minimum atomic E-state index is -0.323. The van der Waals surface area contributed by atoms with Gasteiger partial charge in [0.25, 0.3) is 5.56 Å². The van der Waals surface area contributed by atoms with Crippen LogP contribution in [0.15, 0.2) is 11.1 Å². The smallest absolute Gasteiger partial charge is 0.279 e. The molecular weight excluding hydrogens is 226 g/mol. The van der Waals surface area contributed by atoms with Crippen LogP contribution in [0.5, 0.6) is 0 Å². The van der Waals surface area contributed by atoms with Crippen LogP contribution < -0.4 is 11.3 Å². The molecule has 92 valence electrons. The highest BCUT2D eigenvalue weighted by molar-refractivity contribution is 5.69. The van der Waals surface area contributed by atoms with Crippen molar-refractivity contribution >= 4 is 11.2 Å². The fourth-order valence-corrected chi connectivity index (χ4v) is 1.42. The van der Waals surface area contributed by atoms with E-state index in [1.165, 1.54) is 6.33 Å². The van der Waals surface area contributed by atoms with Gasteiger partial charge < -0.3 is 20.6 Å². The summed E-state index contributed by atoms with van der Waals surface area (Å²) < 4.78 is 6.72. The molecule has 0 spiro atoms. The molecule has 2 rings (SSSR count). The SMILES string of the molecule is NCc1nc2c(ncn2COCCO)c(=O)[nH]1. The first-order valence-corrected chi connectivity index (χ1v) is 5.09. The number of rotatable bonds is 5. The van der Waals surface area contributed by atoms with Crippen molar-refractivity contribution in [2.45, 2.75) is 13.3 Å². The van der Waals surface area contributed by atoms with Crippen LogP contribution in [0.4, 0.5) is 0 Å². The summed E-state index contributed by atoms with van der Waals surface area (Å²) in [5.74, 6) is 0.395. The topological polar surface area (TPSA) is 119 Å². The van der Waals surface area contributed by atoms with Gasteiger partial charge in [-0.3, -0.25) is 9.36 Å². The van der Waals surface area contributed by atoms with Crippen LogP contribution in [0.2, 0.25) is 0 Å². The maximum absolute atomic E-state index is 11.6. The van der Waals surface area contributed by atoms with Gasteiger partial charge in [-0.15, -0.1) is 0 Å². The van der Waals surface area contributed by atoms with Gasteiger partial charge in [0.1, 0.15) is 12.6 Å². The normalized spacial score (nSPS) is 11.2. The number of H-pyrrole nitrogens is 1. The van der Waals surface area contributed by atoms with Crippen molar-refractivity contribution in [3.8, 4) is 0 Å². The Morgan fingerprint density at radius 1 is 1.59 bits per heavy atom. The van der Waals surface area contributed by atoms with E-state index in [-0.39, 0.29) is 37.6 Å². The third-order valence-corrected chi connectivity index (χ3v) is 2.18. The molecule has 0 unspecified atom stereocenters. The van der Waals surface area contributed by atoms with Crippen molar-refractivity contribution in [3.05, 3.63) is 22.5 Å². The minimum Gasteiger partial charge on any atom is -0.394 e. The Morgan fingerprint density at radius 2 is 2.41 bits per heavy atom. The molecule has 0 bridgehead atoms. The van der Waals surface area contributed by atoms with Crippen LogP contribution >= 0.6 is 0 Å². The highest BCUT2D eigenvalue weighted by Gasteiger charge is 2.09. The molecule has 4 N–H and O–H groups in total. The number of aliphatic hydroxyl groups excluding tert-OH is 1. The summed E-state index contributed by atoms with van der Waals surface area (Å²) >= 11 is 0. The zero-order valence-corrected chi connectivity index (χ0v) is 9.09. The molecule has 0 aliphatic heterocycles. The maximum atomic E-state index is 11.6. The molecule has 0 atom stereocenters. The minimum absolute atomic E-state index is 0.0608. The van der Waals surface area contributed by atoms with E-state index in [1.54, 1.807) is 4.57 Å². The number of ether oxygens (including phenoxy) is 1. The molecule has 8 nitrogen and oxygen atoms in total. The van der Waals surface area contributed by atoms with Crippen LogP contribution in [0.3, 0.4) is 0 Å². The average Bonchev–Trinajstić information content (AvgIpc) is 2.73. The van der Waals surface area contributed by atoms with Crippen molar-refractivity contribution in [1.29, 1.82) is 0 Å². The third-order valence-electron chi connectivity index (χ3n) is 2.18. The number of nitrogens with zero attached hydrogens (tertiary/aromatic N) is 3. The van der Waals surface area contributed by atoms with E-state index in [1.807, 2.05) is 0 Å². The Labute approximate surface area is 96.1 Å². The van der Waals surface area contributed by atoms with Crippen molar-refractivity contribution < 1.29 is 9.84 Å². The van der Waals surface area contributed by atoms with Gasteiger partial charge in [0.05, 0.1) is 26.1 Å². The molecule has 0 fully saturated rings. The summed E-state index contributed by atoms with van der Waals surface area (Å²) in [6, 6.07) is 0. The Hall–Kier alpha value is -1.77. The molecule has 0 saturated carbocycles. The third kappa shape index (κ3) is 2.33. The Morgan fingerprint density at radius 3 is 3.12 bits per heavy atom. The highest BCUT2D eigenvalue weighted by atomic mass is 16.5. The molecule has 2 aromatic heterocycles. The zero-order chi connectivity index (χ0) is 12.3. The number of fused-ring (bicyclic) bond motifs is 1.